The number of nitrogens with zero attached hydrogens (tertiary/aromatic N) is 3. The highest BCUT2D eigenvalue weighted by Crippen LogP contribution is 2.29. The summed E-state index contributed by atoms with van der Waals surface area (Å²) in [7, 11) is 0. The second-order valence-electron chi connectivity index (χ2n) is 4.08. The van der Waals surface area contributed by atoms with Crippen molar-refractivity contribution in [1.82, 2.24) is 15.2 Å². The molecule has 0 bridgehead atoms. The molecule has 3 heterocycles. The van der Waals surface area contributed by atoms with Crippen LogP contribution in [0.1, 0.15) is 6.42 Å². The molecule has 2 aromatic heterocycles. The first-order chi connectivity index (χ1) is 8.22. The molecule has 5 nitrogen and oxygen atoms in total. The molecule has 2 aromatic rings. The van der Waals surface area contributed by atoms with Crippen molar-refractivity contribution >= 4 is 28.9 Å². The number of rotatable bonds is 2. The Morgan fingerprint density at radius 1 is 1.53 bits per heavy atom. The number of nitrogens with one attached hydrogen (secondary N) is 1. The van der Waals surface area contributed by atoms with E-state index in [4.69, 9.17) is 17.3 Å². The van der Waals surface area contributed by atoms with Gasteiger partial charge in [0.15, 0.2) is 5.82 Å². The molecule has 1 aliphatic heterocycles. The molecule has 1 aliphatic rings. The highest BCUT2D eigenvalue weighted by molar-refractivity contribution is 7.19. The van der Waals surface area contributed by atoms with Gasteiger partial charge in [0.2, 0.25) is 5.95 Å². The van der Waals surface area contributed by atoms with Crippen molar-refractivity contribution in [1.29, 1.82) is 0 Å². The molecule has 1 unspecified atom stereocenters. The Morgan fingerprint density at radius 2 is 2.41 bits per heavy atom. The van der Waals surface area contributed by atoms with Gasteiger partial charge in [0.25, 0.3) is 0 Å². The van der Waals surface area contributed by atoms with Crippen LogP contribution < -0.4 is 10.6 Å². The number of anilines is 1. The molecule has 17 heavy (non-hydrogen) atoms. The molecule has 0 amide bonds. The first-order valence-electron chi connectivity index (χ1n) is 5.41. The molecule has 3 N–H and O–H groups in total. The average Bonchev–Trinajstić information content (AvgIpc) is 2.96. The van der Waals surface area contributed by atoms with E-state index in [0.29, 0.717) is 0 Å². The van der Waals surface area contributed by atoms with Gasteiger partial charge in [-0.3, -0.25) is 5.10 Å². The minimum absolute atomic E-state index is 0.230. The van der Waals surface area contributed by atoms with Gasteiger partial charge in [-0.25, -0.2) is 0 Å². The number of halogens is 1. The number of aromatic amines is 1. The Kier molecular flexibility index (Phi) is 2.78. The highest BCUT2D eigenvalue weighted by Gasteiger charge is 2.22. The molecule has 1 saturated heterocycles. The van der Waals surface area contributed by atoms with Gasteiger partial charge in [0.1, 0.15) is 0 Å². The molecule has 3 rings (SSSR count). The molecule has 7 heteroatoms. The number of hydrogen-bond acceptors (Lipinski definition) is 5. The lowest BCUT2D eigenvalue weighted by atomic mass is 10.3. The molecular formula is C10H12ClN5S. The third kappa shape index (κ3) is 2.15. The van der Waals surface area contributed by atoms with Gasteiger partial charge in [-0.2, -0.15) is 4.98 Å². The SMILES string of the molecule is NC1CCN(c2n[nH]c(-c3ccc(Cl)s3)n2)C1. The van der Waals surface area contributed by atoms with Crippen molar-refractivity contribution in [2.45, 2.75) is 12.5 Å². The number of H-pyrrole nitrogens is 1. The van der Waals surface area contributed by atoms with Crippen molar-refractivity contribution in [3.8, 4) is 10.7 Å². The Morgan fingerprint density at radius 3 is 3.06 bits per heavy atom. The Labute approximate surface area is 108 Å². The smallest absolute Gasteiger partial charge is 0.245 e. The Balaban J connectivity index is 1.83. The molecule has 0 saturated carbocycles. The standard InChI is InChI=1S/C10H12ClN5S/c11-8-2-1-7(17-8)9-13-10(15-14-9)16-4-3-6(12)5-16/h1-2,6H,3-5,12H2,(H,13,14,15). The maximum Gasteiger partial charge on any atom is 0.245 e. The Bertz CT molecular complexity index is 522. The van der Waals surface area contributed by atoms with Crippen molar-refractivity contribution in [2.75, 3.05) is 18.0 Å². The molecule has 0 aromatic carbocycles. The van der Waals surface area contributed by atoms with Crippen molar-refractivity contribution in [2.24, 2.45) is 5.73 Å². The van der Waals surface area contributed by atoms with Crippen LogP contribution in [0.15, 0.2) is 12.1 Å². The second-order valence-corrected chi connectivity index (χ2v) is 5.80. The largest absolute Gasteiger partial charge is 0.338 e. The number of thiophene rings is 1. The third-order valence-corrected chi connectivity index (χ3v) is 4.03. The fraction of sp³-hybridized carbons (Fsp3) is 0.400. The van der Waals surface area contributed by atoms with Crippen LogP contribution in [-0.4, -0.2) is 34.3 Å². The van der Waals surface area contributed by atoms with E-state index < -0.39 is 0 Å². The molecule has 0 spiro atoms. The fourth-order valence-electron chi connectivity index (χ4n) is 1.92. The van der Waals surface area contributed by atoms with E-state index in [0.717, 1.165) is 40.5 Å². The maximum atomic E-state index is 5.89. The second kappa shape index (κ2) is 4.29. The molecule has 1 fully saturated rings. The lowest BCUT2D eigenvalue weighted by Gasteiger charge is -2.11. The van der Waals surface area contributed by atoms with Crippen LogP contribution >= 0.6 is 22.9 Å². The van der Waals surface area contributed by atoms with Crippen molar-refractivity contribution < 1.29 is 0 Å². The van der Waals surface area contributed by atoms with E-state index in [9.17, 15) is 0 Å². The summed E-state index contributed by atoms with van der Waals surface area (Å²) >= 11 is 7.38. The molecule has 90 valence electrons. The zero-order valence-corrected chi connectivity index (χ0v) is 10.6. The summed E-state index contributed by atoms with van der Waals surface area (Å²) in [4.78, 5) is 7.56. The van der Waals surface area contributed by atoms with Crippen LogP contribution in [0, 0.1) is 0 Å². The summed E-state index contributed by atoms with van der Waals surface area (Å²) in [6.45, 7) is 1.74. The first kappa shape index (κ1) is 11.0. The summed E-state index contributed by atoms with van der Waals surface area (Å²) in [5.74, 6) is 1.48. The summed E-state index contributed by atoms with van der Waals surface area (Å²) in [6, 6.07) is 4.02. The zero-order chi connectivity index (χ0) is 11.8. The zero-order valence-electron chi connectivity index (χ0n) is 9.06. The van der Waals surface area contributed by atoms with Gasteiger partial charge in [-0.1, -0.05) is 11.6 Å². The summed E-state index contributed by atoms with van der Waals surface area (Å²) in [5.41, 5.74) is 5.86. The van der Waals surface area contributed by atoms with Gasteiger partial charge >= 0.3 is 0 Å². The van der Waals surface area contributed by atoms with Crippen molar-refractivity contribution in [3.63, 3.8) is 0 Å². The van der Waals surface area contributed by atoms with E-state index in [1.54, 1.807) is 0 Å². The van der Waals surface area contributed by atoms with E-state index in [-0.39, 0.29) is 6.04 Å². The summed E-state index contributed by atoms with van der Waals surface area (Å²) in [5, 5.41) is 7.15. The molecular weight excluding hydrogens is 258 g/mol. The van der Waals surface area contributed by atoms with Crippen LogP contribution in [0.25, 0.3) is 10.7 Å². The van der Waals surface area contributed by atoms with Crippen LogP contribution in [-0.2, 0) is 0 Å². The highest BCUT2D eigenvalue weighted by atomic mass is 35.5. The summed E-state index contributed by atoms with van der Waals surface area (Å²) in [6.07, 6.45) is 0.995. The van der Waals surface area contributed by atoms with Gasteiger partial charge in [-0.05, 0) is 18.6 Å². The van der Waals surface area contributed by atoms with Gasteiger partial charge in [0.05, 0.1) is 9.21 Å². The van der Waals surface area contributed by atoms with Crippen molar-refractivity contribution in [3.05, 3.63) is 16.5 Å². The minimum atomic E-state index is 0.230. The minimum Gasteiger partial charge on any atom is -0.338 e. The summed E-state index contributed by atoms with van der Waals surface area (Å²) < 4.78 is 0.751. The quantitative estimate of drug-likeness (QED) is 0.871. The van der Waals surface area contributed by atoms with E-state index in [1.165, 1.54) is 11.3 Å². The van der Waals surface area contributed by atoms with E-state index in [1.807, 2.05) is 12.1 Å². The predicted octanol–water partition coefficient (Wildman–Crippen LogP) is 1.72. The third-order valence-electron chi connectivity index (χ3n) is 2.79. The van der Waals surface area contributed by atoms with Crippen LogP contribution in [0.2, 0.25) is 4.34 Å². The van der Waals surface area contributed by atoms with Crippen LogP contribution in [0.4, 0.5) is 5.95 Å². The van der Waals surface area contributed by atoms with Gasteiger partial charge in [-0.15, -0.1) is 16.4 Å². The van der Waals surface area contributed by atoms with Gasteiger partial charge < -0.3 is 10.6 Å². The first-order valence-corrected chi connectivity index (χ1v) is 6.60. The number of hydrogen-bond donors (Lipinski definition) is 2. The van der Waals surface area contributed by atoms with E-state index >= 15 is 0 Å². The Hall–Kier alpha value is -1.11. The molecule has 1 atom stereocenters. The fourth-order valence-corrected chi connectivity index (χ4v) is 2.90. The molecule has 0 radical (unpaired) electrons. The number of nitrogens with two attached hydrogens (primary N) is 1. The average molecular weight is 270 g/mol. The monoisotopic (exact) mass is 269 g/mol. The number of aromatic nitrogens is 3. The van der Waals surface area contributed by atoms with Crippen LogP contribution in [0.5, 0.6) is 0 Å². The van der Waals surface area contributed by atoms with Gasteiger partial charge in [0, 0.05) is 19.1 Å². The topological polar surface area (TPSA) is 70.8 Å². The van der Waals surface area contributed by atoms with E-state index in [2.05, 4.69) is 20.1 Å². The maximum absolute atomic E-state index is 5.89. The normalized spacial score (nSPS) is 20.1. The lowest BCUT2D eigenvalue weighted by Crippen LogP contribution is -2.26. The van der Waals surface area contributed by atoms with Crippen LogP contribution in [0.3, 0.4) is 0 Å². The lowest BCUT2D eigenvalue weighted by molar-refractivity contribution is 0.750. The predicted molar refractivity (Wildman–Crippen MR) is 69.5 cm³/mol. The molecule has 0 aliphatic carbocycles.